The molecule has 2 heterocycles. The van der Waals surface area contributed by atoms with Crippen LogP contribution in [-0.2, 0) is 5.54 Å². The summed E-state index contributed by atoms with van der Waals surface area (Å²) in [5.41, 5.74) is 10.1. The third-order valence-electron chi connectivity index (χ3n) is 3.98. The topological polar surface area (TPSA) is 43.8 Å². The first-order chi connectivity index (χ1) is 8.83. The van der Waals surface area contributed by atoms with Crippen LogP contribution in [0.25, 0.3) is 11.3 Å². The summed E-state index contributed by atoms with van der Waals surface area (Å²) in [6.45, 7) is 0. The highest BCUT2D eigenvalue weighted by Crippen LogP contribution is 2.53. The molecule has 1 aromatic heterocycles. The van der Waals surface area contributed by atoms with Crippen LogP contribution >= 0.6 is 12.2 Å². The SMILES string of the molecule is NC=S.c1ccc2c(c1)-c1cncn1C21CCC1. The fourth-order valence-electron chi connectivity index (χ4n) is 3.10. The Morgan fingerprint density at radius 1 is 1.33 bits per heavy atom. The van der Waals surface area contributed by atoms with Gasteiger partial charge in [0.2, 0.25) is 0 Å². The lowest BCUT2D eigenvalue weighted by Crippen LogP contribution is -2.38. The van der Waals surface area contributed by atoms with Gasteiger partial charge < -0.3 is 10.3 Å². The number of rotatable bonds is 0. The van der Waals surface area contributed by atoms with Crippen LogP contribution in [0.15, 0.2) is 36.8 Å². The van der Waals surface area contributed by atoms with Crippen LogP contribution in [0, 0.1) is 0 Å². The summed E-state index contributed by atoms with van der Waals surface area (Å²) in [4.78, 5) is 4.28. The summed E-state index contributed by atoms with van der Waals surface area (Å²) in [7, 11) is 0. The predicted octanol–water partition coefficient (Wildman–Crippen LogP) is 2.69. The van der Waals surface area contributed by atoms with Gasteiger partial charge in [0.15, 0.2) is 0 Å². The van der Waals surface area contributed by atoms with E-state index < -0.39 is 0 Å². The monoisotopic (exact) mass is 257 g/mol. The Labute approximate surface area is 112 Å². The molecule has 1 fully saturated rings. The van der Waals surface area contributed by atoms with Crippen LogP contribution in [0.5, 0.6) is 0 Å². The zero-order valence-electron chi connectivity index (χ0n) is 10.0. The third kappa shape index (κ3) is 1.35. The van der Waals surface area contributed by atoms with E-state index in [4.69, 9.17) is 0 Å². The van der Waals surface area contributed by atoms with Crippen molar-refractivity contribution in [2.24, 2.45) is 5.73 Å². The van der Waals surface area contributed by atoms with E-state index in [1.807, 2.05) is 12.5 Å². The van der Waals surface area contributed by atoms with E-state index in [1.54, 1.807) is 0 Å². The van der Waals surface area contributed by atoms with Crippen molar-refractivity contribution in [3.63, 3.8) is 0 Å². The van der Waals surface area contributed by atoms with Gasteiger partial charge in [-0.25, -0.2) is 4.98 Å². The number of hydrogen-bond acceptors (Lipinski definition) is 2. The average molecular weight is 257 g/mol. The lowest BCUT2D eigenvalue weighted by Gasteiger charge is -2.41. The van der Waals surface area contributed by atoms with E-state index in [0.717, 1.165) is 5.49 Å². The summed E-state index contributed by atoms with van der Waals surface area (Å²) in [6.07, 6.45) is 7.87. The molecule has 18 heavy (non-hydrogen) atoms. The number of nitrogens with two attached hydrogens (primary N) is 1. The molecule has 0 amide bonds. The molecule has 0 radical (unpaired) electrons. The Kier molecular flexibility index (Phi) is 2.67. The highest BCUT2D eigenvalue weighted by molar-refractivity contribution is 7.78. The molecule has 4 rings (SSSR count). The van der Waals surface area contributed by atoms with E-state index in [0.29, 0.717) is 0 Å². The first kappa shape index (κ1) is 11.4. The van der Waals surface area contributed by atoms with Crippen molar-refractivity contribution in [3.05, 3.63) is 42.4 Å². The van der Waals surface area contributed by atoms with Crippen LogP contribution in [0.2, 0.25) is 0 Å². The number of fused-ring (bicyclic) bond motifs is 5. The van der Waals surface area contributed by atoms with E-state index in [-0.39, 0.29) is 5.54 Å². The lowest BCUT2D eigenvalue weighted by atomic mass is 9.72. The van der Waals surface area contributed by atoms with Gasteiger partial charge in [0, 0.05) is 5.56 Å². The van der Waals surface area contributed by atoms with Crippen molar-refractivity contribution in [1.29, 1.82) is 0 Å². The van der Waals surface area contributed by atoms with Gasteiger partial charge in [0.05, 0.1) is 29.2 Å². The summed E-state index contributed by atoms with van der Waals surface area (Å²) in [5, 5.41) is 0. The molecular formula is C14H15N3S. The molecule has 0 atom stereocenters. The smallest absolute Gasteiger partial charge is 0.0958 e. The molecule has 92 valence electrons. The van der Waals surface area contributed by atoms with Gasteiger partial charge in [0.1, 0.15) is 0 Å². The minimum absolute atomic E-state index is 0.266. The molecule has 4 heteroatoms. The molecule has 1 saturated carbocycles. The molecule has 0 unspecified atom stereocenters. The Morgan fingerprint density at radius 2 is 2.06 bits per heavy atom. The second-order valence-electron chi connectivity index (χ2n) is 4.72. The summed E-state index contributed by atoms with van der Waals surface area (Å²) in [6, 6.07) is 8.77. The molecule has 1 aliphatic heterocycles. The largest absolute Gasteiger partial charge is 0.396 e. The molecule has 2 aliphatic rings. The molecule has 3 nitrogen and oxygen atoms in total. The van der Waals surface area contributed by atoms with Gasteiger partial charge in [-0.3, -0.25) is 0 Å². The molecule has 0 saturated heterocycles. The number of thiocarbonyl (C=S) groups is 1. The standard InChI is InChI=1S/C13H12N2.CH3NS/c1-2-5-11-10(4-1)12-8-14-9-15(12)13(11)6-3-7-13;2-1-3/h1-2,4-5,8-9H,3,6-7H2;1H,(H2,2,3). The zero-order valence-corrected chi connectivity index (χ0v) is 10.9. The Bertz CT molecular complexity index is 584. The van der Waals surface area contributed by atoms with Crippen molar-refractivity contribution in [3.8, 4) is 11.3 Å². The summed E-state index contributed by atoms with van der Waals surface area (Å²) >= 11 is 4.05. The number of hydrogen-bond donors (Lipinski definition) is 1. The van der Waals surface area contributed by atoms with Crippen molar-refractivity contribution in [2.45, 2.75) is 24.8 Å². The molecule has 1 aromatic carbocycles. The van der Waals surface area contributed by atoms with Gasteiger partial charge in [-0.2, -0.15) is 0 Å². The molecular weight excluding hydrogens is 242 g/mol. The van der Waals surface area contributed by atoms with Gasteiger partial charge in [0.25, 0.3) is 0 Å². The Balaban J connectivity index is 0.000000307. The van der Waals surface area contributed by atoms with Crippen LogP contribution < -0.4 is 5.73 Å². The maximum absolute atomic E-state index is 4.54. The number of nitrogens with zero attached hydrogens (tertiary/aromatic N) is 2. The van der Waals surface area contributed by atoms with Crippen molar-refractivity contribution in [1.82, 2.24) is 9.55 Å². The summed E-state index contributed by atoms with van der Waals surface area (Å²) in [5.74, 6) is 0. The second kappa shape index (κ2) is 4.21. The lowest BCUT2D eigenvalue weighted by molar-refractivity contribution is 0.208. The quantitative estimate of drug-likeness (QED) is 0.738. The predicted molar refractivity (Wildman–Crippen MR) is 76.4 cm³/mol. The van der Waals surface area contributed by atoms with Crippen molar-refractivity contribution in [2.75, 3.05) is 0 Å². The maximum Gasteiger partial charge on any atom is 0.0958 e. The van der Waals surface area contributed by atoms with Gasteiger partial charge in [-0.1, -0.05) is 36.5 Å². The molecule has 1 spiro atoms. The first-order valence-electron chi connectivity index (χ1n) is 6.11. The van der Waals surface area contributed by atoms with E-state index in [2.05, 4.69) is 51.8 Å². The molecule has 2 N–H and O–H groups in total. The second-order valence-corrected chi connectivity index (χ2v) is 4.99. The van der Waals surface area contributed by atoms with Gasteiger partial charge >= 0.3 is 0 Å². The highest BCUT2D eigenvalue weighted by Gasteiger charge is 2.46. The van der Waals surface area contributed by atoms with Crippen LogP contribution in [-0.4, -0.2) is 15.0 Å². The molecule has 0 bridgehead atoms. The van der Waals surface area contributed by atoms with E-state index in [1.165, 1.54) is 36.1 Å². The van der Waals surface area contributed by atoms with Crippen LogP contribution in [0.1, 0.15) is 24.8 Å². The van der Waals surface area contributed by atoms with Gasteiger partial charge in [-0.05, 0) is 24.8 Å². The molecule has 2 aromatic rings. The van der Waals surface area contributed by atoms with Crippen molar-refractivity contribution >= 4 is 17.7 Å². The Morgan fingerprint density at radius 3 is 2.72 bits per heavy atom. The normalized spacial score (nSPS) is 17.1. The van der Waals surface area contributed by atoms with Crippen LogP contribution in [0.3, 0.4) is 0 Å². The average Bonchev–Trinajstić information content (AvgIpc) is 2.86. The van der Waals surface area contributed by atoms with Gasteiger partial charge in [-0.15, -0.1) is 0 Å². The van der Waals surface area contributed by atoms with E-state index in [9.17, 15) is 0 Å². The minimum Gasteiger partial charge on any atom is -0.396 e. The van der Waals surface area contributed by atoms with E-state index >= 15 is 0 Å². The fourth-order valence-corrected chi connectivity index (χ4v) is 3.10. The minimum atomic E-state index is 0.266. The number of benzene rings is 1. The van der Waals surface area contributed by atoms with Crippen molar-refractivity contribution < 1.29 is 0 Å². The fraction of sp³-hybridized carbons (Fsp3) is 0.286. The molecule has 1 aliphatic carbocycles. The zero-order chi connectivity index (χ0) is 12.6. The Hall–Kier alpha value is -1.68. The third-order valence-corrected chi connectivity index (χ3v) is 3.98. The van der Waals surface area contributed by atoms with Crippen LogP contribution in [0.4, 0.5) is 0 Å². The highest BCUT2D eigenvalue weighted by atomic mass is 32.1. The maximum atomic E-state index is 4.54. The number of aromatic nitrogens is 2. The summed E-state index contributed by atoms with van der Waals surface area (Å²) < 4.78 is 2.38. The number of imidazole rings is 1. The first-order valence-corrected chi connectivity index (χ1v) is 6.59.